The Kier molecular flexibility index (Phi) is 7.02. The molecule has 124 valence electrons. The summed E-state index contributed by atoms with van der Waals surface area (Å²) in [5.74, 6) is 2.41. The molecule has 3 heteroatoms. The summed E-state index contributed by atoms with van der Waals surface area (Å²) in [6.45, 7) is 4.75. The quantitative estimate of drug-likeness (QED) is 0.508. The summed E-state index contributed by atoms with van der Waals surface area (Å²) in [5, 5.41) is 0. The standard InChI is InChI=1S/C22H21Si.ClH.Zr/c1-23(2)15-22(20-13-11-16-7-3-5-9-18(16)20)21-14-12-17-8-4-6-10-19(17)21;;/h3-15,20-21H,1-2H3;1H;/q-1;;+2/p-1. The fourth-order valence-corrected chi connectivity index (χ4v) is 4.81. The van der Waals surface area contributed by atoms with Crippen LogP contribution in [0.25, 0.3) is 12.2 Å². The summed E-state index contributed by atoms with van der Waals surface area (Å²) >= 11 is 0. The topological polar surface area (TPSA) is 0 Å². The molecule has 2 atom stereocenters. The van der Waals surface area contributed by atoms with E-state index in [0.29, 0.717) is 11.8 Å². The van der Waals surface area contributed by atoms with Gasteiger partial charge < -0.3 is 18.3 Å². The molecular weight excluding hydrogens is 419 g/mol. The van der Waals surface area contributed by atoms with Gasteiger partial charge in [-0.3, -0.25) is 0 Å². The summed E-state index contributed by atoms with van der Waals surface area (Å²) in [6.07, 6.45) is 9.35. The van der Waals surface area contributed by atoms with Gasteiger partial charge in [-0.25, -0.2) is 5.67 Å². The Morgan fingerprint density at radius 2 is 1.24 bits per heavy atom. The van der Waals surface area contributed by atoms with E-state index in [1.807, 2.05) is 0 Å². The molecule has 0 aromatic heterocycles. The summed E-state index contributed by atoms with van der Waals surface area (Å²) in [4.78, 5) is 0. The molecule has 2 aliphatic carbocycles. The minimum absolute atomic E-state index is 0. The third-order valence-electron chi connectivity index (χ3n) is 4.77. The minimum Gasteiger partial charge on any atom is -1.00 e. The van der Waals surface area contributed by atoms with E-state index < -0.39 is 8.41 Å². The summed E-state index contributed by atoms with van der Waals surface area (Å²) < 4.78 is 0. The van der Waals surface area contributed by atoms with Crippen molar-refractivity contribution in [1.82, 2.24) is 0 Å². The maximum Gasteiger partial charge on any atom is 2.00 e. The number of hydrogen-bond acceptors (Lipinski definition) is 0. The molecule has 0 saturated carbocycles. The van der Waals surface area contributed by atoms with Gasteiger partial charge in [0.2, 0.25) is 0 Å². The summed E-state index contributed by atoms with van der Waals surface area (Å²) in [5.41, 5.74) is 8.23. The fraction of sp³-hybridized carbons (Fsp3) is 0.182. The summed E-state index contributed by atoms with van der Waals surface area (Å²) in [7, 11) is -0.440. The molecule has 0 amide bonds. The number of hydrogen-bond donors (Lipinski definition) is 0. The Morgan fingerprint density at radius 1 is 0.800 bits per heavy atom. The molecule has 0 fully saturated rings. The molecule has 25 heavy (non-hydrogen) atoms. The molecule has 2 aromatic rings. The first-order valence-corrected chi connectivity index (χ1v) is 10.9. The van der Waals surface area contributed by atoms with Gasteiger partial charge in [0, 0.05) is 0 Å². The molecule has 4 rings (SSSR count). The van der Waals surface area contributed by atoms with E-state index in [0.717, 1.165) is 0 Å². The van der Waals surface area contributed by atoms with E-state index >= 15 is 0 Å². The van der Waals surface area contributed by atoms with Crippen LogP contribution >= 0.6 is 0 Å². The van der Waals surface area contributed by atoms with Crippen LogP contribution < -0.4 is 12.4 Å². The predicted molar refractivity (Wildman–Crippen MR) is 103 cm³/mol. The second kappa shape index (κ2) is 8.62. The molecule has 0 heterocycles. The number of benzene rings is 2. The SMILES string of the molecule is C[Si](C)=C[C-](C1C=Cc2ccccc21)C1C=Cc2ccccc21.[Cl-].[Zr+2]. The van der Waals surface area contributed by atoms with E-state index in [1.54, 1.807) is 5.92 Å². The zero-order chi connectivity index (χ0) is 15.8. The first kappa shape index (κ1) is 20.4. The Morgan fingerprint density at radius 3 is 1.68 bits per heavy atom. The van der Waals surface area contributed by atoms with E-state index in [1.165, 1.54) is 22.3 Å². The zero-order valence-corrected chi connectivity index (χ0v) is 18.8. The Balaban J connectivity index is 0.00000113. The van der Waals surface area contributed by atoms with E-state index in [4.69, 9.17) is 0 Å². The second-order valence-corrected chi connectivity index (χ2v) is 9.10. The Bertz CT molecular complexity index is 772. The van der Waals surface area contributed by atoms with Gasteiger partial charge in [0.05, 0.1) is 0 Å². The monoisotopic (exact) mass is 438 g/mol. The van der Waals surface area contributed by atoms with Crippen LogP contribution in [-0.2, 0) is 26.2 Å². The number of fused-ring (bicyclic) bond motifs is 2. The Labute approximate surface area is 177 Å². The van der Waals surface area contributed by atoms with Crippen LogP contribution in [0, 0.1) is 5.92 Å². The third kappa shape index (κ3) is 3.92. The maximum atomic E-state index is 2.57. The van der Waals surface area contributed by atoms with Crippen molar-refractivity contribution >= 4 is 26.2 Å². The largest absolute Gasteiger partial charge is 2.00 e. The fourth-order valence-electron chi connectivity index (χ4n) is 3.79. The van der Waals surface area contributed by atoms with E-state index in [9.17, 15) is 0 Å². The molecule has 0 N–H and O–H groups in total. The molecule has 2 aromatic carbocycles. The first-order chi connectivity index (χ1) is 11.2. The minimum atomic E-state index is -0.440. The van der Waals surface area contributed by atoms with Crippen LogP contribution in [-0.4, -0.2) is 14.1 Å². The van der Waals surface area contributed by atoms with E-state index in [2.05, 4.69) is 91.6 Å². The molecular formula is C22H21ClSiZr. The van der Waals surface area contributed by atoms with Gasteiger partial charge in [-0.05, 0) is 19.5 Å². The van der Waals surface area contributed by atoms with Gasteiger partial charge in [-0.1, -0.05) is 84.9 Å². The average molecular weight is 440 g/mol. The van der Waals surface area contributed by atoms with Crippen molar-refractivity contribution in [1.29, 1.82) is 0 Å². The predicted octanol–water partition coefficient (Wildman–Crippen LogP) is 2.32. The van der Waals surface area contributed by atoms with Crippen molar-refractivity contribution in [2.24, 2.45) is 0 Å². The van der Waals surface area contributed by atoms with Crippen LogP contribution in [0.1, 0.15) is 34.1 Å². The van der Waals surface area contributed by atoms with Gasteiger partial charge in [0.15, 0.2) is 0 Å². The average Bonchev–Trinajstić information content (AvgIpc) is 3.17. The normalized spacial score (nSPS) is 18.6. The van der Waals surface area contributed by atoms with Crippen molar-refractivity contribution in [3.63, 3.8) is 0 Å². The molecule has 0 aliphatic heterocycles. The molecule has 2 unspecified atom stereocenters. The van der Waals surface area contributed by atoms with Crippen LogP contribution in [0.3, 0.4) is 0 Å². The number of allylic oxidation sites excluding steroid dienone is 2. The van der Waals surface area contributed by atoms with Crippen molar-refractivity contribution in [3.8, 4) is 0 Å². The van der Waals surface area contributed by atoms with Crippen molar-refractivity contribution < 1.29 is 38.6 Å². The van der Waals surface area contributed by atoms with Crippen molar-refractivity contribution in [2.75, 3.05) is 0 Å². The summed E-state index contributed by atoms with van der Waals surface area (Å²) in [6, 6.07) is 17.6. The van der Waals surface area contributed by atoms with Gasteiger partial charge in [0.1, 0.15) is 0 Å². The number of rotatable bonds is 3. The van der Waals surface area contributed by atoms with Crippen molar-refractivity contribution in [2.45, 2.75) is 24.9 Å². The number of halogens is 1. The Hall–Kier alpha value is -0.950. The van der Waals surface area contributed by atoms with Gasteiger partial charge in [-0.15, -0.1) is 24.0 Å². The third-order valence-corrected chi connectivity index (χ3v) is 5.68. The molecule has 0 spiro atoms. The maximum absolute atomic E-state index is 2.57. The molecule has 2 aliphatic rings. The first-order valence-electron chi connectivity index (χ1n) is 8.30. The van der Waals surface area contributed by atoms with E-state index in [-0.39, 0.29) is 38.6 Å². The molecule has 0 radical (unpaired) electrons. The molecule has 0 bridgehead atoms. The molecule has 0 nitrogen and oxygen atoms in total. The van der Waals surface area contributed by atoms with Crippen LogP contribution in [0.5, 0.6) is 0 Å². The van der Waals surface area contributed by atoms with Crippen LogP contribution in [0.2, 0.25) is 13.1 Å². The van der Waals surface area contributed by atoms with Gasteiger partial charge in [0.25, 0.3) is 0 Å². The zero-order valence-electron chi connectivity index (χ0n) is 14.5. The van der Waals surface area contributed by atoms with Crippen LogP contribution in [0.15, 0.2) is 60.7 Å². The molecule has 0 saturated heterocycles. The smallest absolute Gasteiger partial charge is 1.00 e. The van der Waals surface area contributed by atoms with Crippen molar-refractivity contribution in [3.05, 3.63) is 88.9 Å². The second-order valence-electron chi connectivity index (χ2n) is 6.65. The van der Waals surface area contributed by atoms with Crippen LogP contribution in [0.4, 0.5) is 0 Å². The van der Waals surface area contributed by atoms with Gasteiger partial charge in [-0.2, -0.15) is 0 Å². The van der Waals surface area contributed by atoms with Gasteiger partial charge >= 0.3 is 26.2 Å².